The summed E-state index contributed by atoms with van der Waals surface area (Å²) in [7, 11) is 0. The minimum Gasteiger partial charge on any atom is -0.512 e. The monoisotopic (exact) mass is 581 g/mol. The van der Waals surface area contributed by atoms with Gasteiger partial charge in [0, 0.05) is 25.2 Å². The summed E-state index contributed by atoms with van der Waals surface area (Å²) in [5, 5.41) is 54.1. The lowest BCUT2D eigenvalue weighted by Crippen LogP contribution is -2.67. The molecule has 7 N–H and O–H groups in total. The van der Waals surface area contributed by atoms with Crippen LogP contribution < -0.4 is 5.73 Å². The molecule has 4 aliphatic rings. The number of hydrogen-bond donors (Lipinski definition) is 6. The van der Waals surface area contributed by atoms with E-state index in [1.54, 1.807) is 0 Å². The molecule has 10 heteroatoms. The van der Waals surface area contributed by atoms with Crippen molar-refractivity contribution < 1.29 is 44.7 Å². The van der Waals surface area contributed by atoms with Crippen molar-refractivity contribution in [1.29, 1.82) is 0 Å². The van der Waals surface area contributed by atoms with Crippen LogP contribution in [-0.2, 0) is 25.5 Å². The molecule has 4 aliphatic carbocycles. The van der Waals surface area contributed by atoms with Crippen molar-refractivity contribution in [3.05, 3.63) is 63.6 Å². The van der Waals surface area contributed by atoms with Crippen LogP contribution in [0.2, 0.25) is 0 Å². The van der Waals surface area contributed by atoms with Gasteiger partial charge in [0.1, 0.15) is 23.2 Å². The van der Waals surface area contributed by atoms with E-state index in [1.165, 1.54) is 0 Å². The third kappa shape index (κ3) is 5.10. The second kappa shape index (κ2) is 11.4. The molecule has 0 bridgehead atoms. The van der Waals surface area contributed by atoms with Crippen molar-refractivity contribution in [2.24, 2.45) is 29.4 Å². The Hall–Kier alpha value is -3.31. The first kappa shape index (κ1) is 30.2. The topological polar surface area (TPSA) is 188 Å². The maximum absolute atomic E-state index is 13.9. The number of rotatable bonds is 8. The lowest BCUT2D eigenvalue weighted by Gasteiger charge is -2.52. The van der Waals surface area contributed by atoms with Gasteiger partial charge in [0.2, 0.25) is 5.78 Å². The summed E-state index contributed by atoms with van der Waals surface area (Å²) in [4.78, 5) is 38.9. The van der Waals surface area contributed by atoms with Crippen molar-refractivity contribution in [1.82, 2.24) is 0 Å². The molecule has 0 heterocycles. The van der Waals surface area contributed by atoms with Gasteiger partial charge in [0.05, 0.1) is 18.1 Å². The molecule has 0 saturated heterocycles. The molecule has 1 aromatic rings. The van der Waals surface area contributed by atoms with Gasteiger partial charge in [-0.25, -0.2) is 0 Å². The molecule has 6 atom stereocenters. The van der Waals surface area contributed by atoms with Gasteiger partial charge >= 0.3 is 0 Å². The number of aliphatic hydroxyl groups excluding tert-OH is 4. The Bertz CT molecular complexity index is 1390. The second-order valence-corrected chi connectivity index (χ2v) is 12.5. The molecule has 42 heavy (non-hydrogen) atoms. The molecular formula is C32H39NO9. The summed E-state index contributed by atoms with van der Waals surface area (Å²) in [5.41, 5.74) is 5.70. The van der Waals surface area contributed by atoms with Crippen molar-refractivity contribution >= 4 is 23.0 Å². The number of amides is 1. The van der Waals surface area contributed by atoms with E-state index in [0.29, 0.717) is 43.8 Å². The Labute approximate surface area is 244 Å². The maximum atomic E-state index is 13.9. The maximum Gasteiger partial charge on any atom is 0.255 e. The standard InChI is InChI=1S/C32H39NO9/c1-15(2)14-42-24(36)10-5-16-3-6-17(7-4-16)20-8-9-22(34)26-21(20)12-18-11-19-13-23(35)27(31(33)40)30(39)32(19,41)29(38)25(18)28(26)37/h3-4,6-7,15,18-19,24-25,29,34-36,38,41H,5,8-14H2,1-2H3,(H2,33,40)/t18-,19+,24?,25?,29?,32+/m1/s1. The molecule has 0 radical (unpaired) electrons. The smallest absolute Gasteiger partial charge is 0.255 e. The van der Waals surface area contributed by atoms with Gasteiger partial charge in [-0.1, -0.05) is 38.1 Å². The number of ether oxygens (including phenoxy) is 1. The largest absolute Gasteiger partial charge is 0.512 e. The number of allylic oxidation sites excluding steroid dienone is 5. The number of carbonyl (C=O) groups is 3. The predicted molar refractivity (Wildman–Crippen MR) is 152 cm³/mol. The van der Waals surface area contributed by atoms with Crippen LogP contribution in [0.5, 0.6) is 0 Å². The zero-order valence-electron chi connectivity index (χ0n) is 23.9. The molecule has 2 fully saturated rings. The number of aliphatic hydroxyl groups is 5. The lowest BCUT2D eigenvalue weighted by atomic mass is 9.53. The number of primary amides is 1. The number of aryl methyl sites for hydroxylation is 1. The van der Waals surface area contributed by atoms with E-state index >= 15 is 0 Å². The highest BCUT2D eigenvalue weighted by Crippen LogP contribution is 2.55. The molecule has 1 amide bonds. The fraction of sp³-hybridized carbons (Fsp3) is 0.531. The average molecular weight is 582 g/mol. The van der Waals surface area contributed by atoms with Crippen LogP contribution in [0.3, 0.4) is 0 Å². The second-order valence-electron chi connectivity index (χ2n) is 12.5. The normalized spacial score (nSPS) is 30.3. The molecule has 3 unspecified atom stereocenters. The van der Waals surface area contributed by atoms with Gasteiger partial charge in [-0.05, 0) is 59.8 Å². The Balaban J connectivity index is 1.41. The molecule has 5 rings (SSSR count). The van der Waals surface area contributed by atoms with Crippen LogP contribution in [0.25, 0.3) is 5.57 Å². The van der Waals surface area contributed by atoms with E-state index < -0.39 is 64.6 Å². The van der Waals surface area contributed by atoms with Crippen LogP contribution in [0.4, 0.5) is 0 Å². The van der Waals surface area contributed by atoms with Crippen LogP contribution in [-0.4, -0.2) is 67.6 Å². The van der Waals surface area contributed by atoms with Gasteiger partial charge in [0.25, 0.3) is 5.91 Å². The summed E-state index contributed by atoms with van der Waals surface area (Å²) in [6, 6.07) is 7.84. The first-order valence-electron chi connectivity index (χ1n) is 14.6. The van der Waals surface area contributed by atoms with Gasteiger partial charge in [-0.2, -0.15) is 0 Å². The number of nitrogens with two attached hydrogens (primary N) is 1. The Kier molecular flexibility index (Phi) is 8.19. The average Bonchev–Trinajstić information content (AvgIpc) is 2.93. The molecule has 226 valence electrons. The van der Waals surface area contributed by atoms with Crippen LogP contribution in [0.15, 0.2) is 52.5 Å². The van der Waals surface area contributed by atoms with Crippen molar-refractivity contribution in [2.45, 2.75) is 76.8 Å². The summed E-state index contributed by atoms with van der Waals surface area (Å²) < 4.78 is 5.44. The number of fused-ring (bicyclic) bond motifs is 3. The predicted octanol–water partition coefficient (Wildman–Crippen LogP) is 2.56. The van der Waals surface area contributed by atoms with Gasteiger partial charge in [-0.15, -0.1) is 0 Å². The highest BCUT2D eigenvalue weighted by molar-refractivity contribution is 6.23. The quantitative estimate of drug-likeness (QED) is 0.198. The number of ketones is 2. The number of carbonyl (C=O) groups excluding carboxylic acids is 3. The highest BCUT2D eigenvalue weighted by atomic mass is 16.6. The van der Waals surface area contributed by atoms with Crippen molar-refractivity contribution in [2.75, 3.05) is 6.61 Å². The molecule has 0 aromatic heterocycles. The van der Waals surface area contributed by atoms with E-state index in [0.717, 1.165) is 16.7 Å². The summed E-state index contributed by atoms with van der Waals surface area (Å²) in [5.74, 6) is -5.76. The Morgan fingerprint density at radius 3 is 2.40 bits per heavy atom. The van der Waals surface area contributed by atoms with E-state index in [9.17, 15) is 39.9 Å². The summed E-state index contributed by atoms with van der Waals surface area (Å²) in [6.45, 7) is 4.52. The zero-order valence-corrected chi connectivity index (χ0v) is 23.9. The summed E-state index contributed by atoms with van der Waals surface area (Å²) >= 11 is 0. The van der Waals surface area contributed by atoms with Crippen LogP contribution in [0.1, 0.15) is 63.5 Å². The first-order chi connectivity index (χ1) is 19.8. The van der Waals surface area contributed by atoms with Gasteiger partial charge < -0.3 is 36.0 Å². The molecule has 0 spiro atoms. The zero-order chi connectivity index (χ0) is 30.5. The molecular weight excluding hydrogens is 542 g/mol. The number of Topliss-reactive ketones (excluding diaryl/α,β-unsaturated/α-hetero) is 2. The Morgan fingerprint density at radius 2 is 1.76 bits per heavy atom. The van der Waals surface area contributed by atoms with Crippen molar-refractivity contribution in [3.8, 4) is 0 Å². The van der Waals surface area contributed by atoms with Crippen molar-refractivity contribution in [3.63, 3.8) is 0 Å². The Morgan fingerprint density at radius 1 is 1.07 bits per heavy atom. The SMILES string of the molecule is CC(C)COC(O)CCc1ccc(C2=C3C[C@H]4C[C@H]5CC(O)=C(C(N)=O)C(=O)[C@@]5(O)C(O)C4C(=O)C3=C(O)CC2)cc1. The summed E-state index contributed by atoms with van der Waals surface area (Å²) in [6.07, 6.45) is -0.604. The lowest BCUT2D eigenvalue weighted by molar-refractivity contribution is -0.189. The van der Waals surface area contributed by atoms with Gasteiger partial charge in [0.15, 0.2) is 17.7 Å². The minimum atomic E-state index is -2.45. The fourth-order valence-corrected chi connectivity index (χ4v) is 7.17. The highest BCUT2D eigenvalue weighted by Gasteiger charge is 2.64. The van der Waals surface area contributed by atoms with Crippen LogP contribution in [0, 0.1) is 23.7 Å². The van der Waals surface area contributed by atoms with E-state index in [-0.39, 0.29) is 30.6 Å². The molecule has 0 aliphatic heterocycles. The molecule has 10 nitrogen and oxygen atoms in total. The number of hydrogen-bond acceptors (Lipinski definition) is 9. The first-order valence-corrected chi connectivity index (χ1v) is 14.6. The van der Waals surface area contributed by atoms with Gasteiger partial charge in [-0.3, -0.25) is 14.4 Å². The van der Waals surface area contributed by atoms with Crippen LogP contribution >= 0.6 is 0 Å². The fourth-order valence-electron chi connectivity index (χ4n) is 7.17. The van der Waals surface area contributed by atoms with E-state index in [4.69, 9.17) is 10.5 Å². The van der Waals surface area contributed by atoms with E-state index in [1.807, 2.05) is 38.1 Å². The van der Waals surface area contributed by atoms with E-state index in [2.05, 4.69) is 0 Å². The molecule has 1 aromatic carbocycles. The number of benzene rings is 1. The third-order valence-corrected chi connectivity index (χ3v) is 9.26. The third-order valence-electron chi connectivity index (χ3n) is 9.26. The molecule has 2 saturated carbocycles. The minimum absolute atomic E-state index is 0.0872.